The Kier molecular flexibility index (Phi) is 43.3. The minimum absolute atomic E-state index is 0. The van der Waals surface area contributed by atoms with Crippen LogP contribution in [0.1, 0.15) is 126 Å². The first-order valence-corrected chi connectivity index (χ1v) is 67.8. The Morgan fingerprint density at radius 2 is 0.784 bits per heavy atom. The number of carbonyl (C=O) groups excluding carboxylic acids is 4. The summed E-state index contributed by atoms with van der Waals surface area (Å²) in [6.45, 7) is 50.4. The van der Waals surface area contributed by atoms with Crippen LogP contribution >= 0.6 is 28.3 Å². The first-order chi connectivity index (χ1) is 65.9. The summed E-state index contributed by atoms with van der Waals surface area (Å²) in [5, 5.41) is 34.2. The molecule has 1 amide bonds. The monoisotopic (exact) mass is 2060 g/mol. The fourth-order valence-corrected chi connectivity index (χ4v) is 28.9. The van der Waals surface area contributed by atoms with E-state index in [-0.39, 0.29) is 40.9 Å². The molecule has 10 aromatic rings. The van der Waals surface area contributed by atoms with E-state index >= 15 is 0 Å². The van der Waals surface area contributed by atoms with E-state index in [1.165, 1.54) is 241 Å². The minimum Gasteiger partial charge on any atom is -0.478 e. The van der Waals surface area contributed by atoms with Crippen LogP contribution in [0.25, 0.3) is 44.3 Å². The number of hydrogen-bond donors (Lipinski definition) is 4. The number of benzene rings is 8. The van der Waals surface area contributed by atoms with E-state index in [9.17, 15) is 42.3 Å². The van der Waals surface area contributed by atoms with Crippen LogP contribution in [0.4, 0.5) is 18.9 Å². The number of likely N-dealkylation sites (tertiary alicyclic amines) is 2. The lowest BCUT2D eigenvalue weighted by atomic mass is 9.98. The zero-order valence-electron chi connectivity index (χ0n) is 83.7. The van der Waals surface area contributed by atoms with Crippen molar-refractivity contribution in [2.75, 3.05) is 117 Å². The number of rotatable bonds is 20. The van der Waals surface area contributed by atoms with Crippen molar-refractivity contribution in [1.82, 2.24) is 44.7 Å². The van der Waals surface area contributed by atoms with Crippen molar-refractivity contribution in [2.24, 2.45) is 5.73 Å². The van der Waals surface area contributed by atoms with Crippen LogP contribution in [0.15, 0.2) is 188 Å². The lowest BCUT2D eigenvalue weighted by Gasteiger charge is -2.35. The SMILES string of the molecule is CC(=O)c1ccc(CN2CC[Si](C)(C)CC2)cc1.C[Si]1(C)CCN(Cc2ccc(-c3cc(C(=O)CCCN4CCCC4)c4cc(F)ccc4n3)cc2)CC1.C[Si]1(C)CCN(Cc2ccc(-c3cc(C(=O)O)c4cc(F)ccc4n3)cc2)CC1.C[Si]1(C)CCN(Cc2ccc(C#N)cc2)CC1.C[Si]1(C)CCNCC1.Cl.N#Cc1ccc(CBr)cc1.NCCN1CCCC1.O=C1Nc2ccc(F)cc2C1=O. The van der Waals surface area contributed by atoms with E-state index in [0.717, 1.165) is 105 Å². The Morgan fingerprint density at radius 3 is 1.14 bits per heavy atom. The van der Waals surface area contributed by atoms with E-state index < -0.39 is 69.7 Å². The normalized spacial score (nSPS) is 18.1. The highest BCUT2D eigenvalue weighted by Gasteiger charge is 2.33. The van der Waals surface area contributed by atoms with E-state index in [1.807, 2.05) is 66.7 Å². The standard InChI is InChI=1S/C30H38FN3OSi.C23H25FN2O2Si.C15H23NOSi.C14H20N2Si.C8H6BrN.C8H4FNO2.C6H14N2.C6H15NSi.ClH/c1-36(2)18-16-34(17-19-36)22-23-7-9-24(10-8-23)29-21-27(26-20-25(31)11-12-28(26)32-29)30(35)6-5-15-33-13-3-4-14-33;1-29(2)11-9-26(10-12-29)15-16-3-5-17(6-4-16)22-14-20(23(27)28)19-13-18(24)7-8-21(19)25-22;1-13(17)15-6-4-14(5-7-15)12-16-8-10-18(2,3)11-9-16;1-17(2)9-7-16(8-10-17)12-14-5-3-13(11-15)4-6-14;9-5-7-1-3-8(6-10)4-2-7;9-4-1-2-6-5(3-4)7(11)8(12)10-6;7-3-6-8-4-1-2-5-8;1-8(2)5-3-7-4-6-8;/h7-12,20-21H,3-6,13-19,22H2,1-2H3;3-8,13-14H,9-12,15H2,1-2H3,(H,27,28);4-7H,8-12H2,1-3H3;3-6H,7-10,12H2,1-2H3;1-4H,5H2;1-3H,(H,10,11,12);1-7H2;7H,3-6H2,1-2H3;1H. The Morgan fingerprint density at radius 1 is 0.439 bits per heavy atom. The van der Waals surface area contributed by atoms with E-state index in [0.29, 0.717) is 50.7 Å². The lowest BCUT2D eigenvalue weighted by molar-refractivity contribution is -0.112. The van der Waals surface area contributed by atoms with Gasteiger partial charge in [-0.15, -0.1) is 12.4 Å². The maximum absolute atomic E-state index is 14.1. The average Bonchev–Trinajstić information content (AvgIpc) is 1.58. The van der Waals surface area contributed by atoms with Gasteiger partial charge in [0.25, 0.3) is 11.7 Å². The Balaban J connectivity index is 0.000000173. The van der Waals surface area contributed by atoms with Crippen LogP contribution < -0.4 is 16.4 Å². The summed E-state index contributed by atoms with van der Waals surface area (Å²) in [5.74, 6) is -3.57. The molecule has 0 atom stereocenters. The van der Waals surface area contributed by atoms with Gasteiger partial charge in [-0.3, -0.25) is 38.8 Å². The topological polar surface area (TPSA) is 248 Å². The number of aromatic nitrogens is 2. The fourth-order valence-electron chi connectivity index (χ4n) is 18.2. The van der Waals surface area contributed by atoms with Gasteiger partial charge in [-0.2, -0.15) is 10.5 Å². The van der Waals surface area contributed by atoms with Gasteiger partial charge in [0.1, 0.15) is 17.5 Å². The van der Waals surface area contributed by atoms with Crippen molar-refractivity contribution in [3.63, 3.8) is 0 Å². The van der Waals surface area contributed by atoms with Crippen molar-refractivity contribution >= 4 is 125 Å². The van der Waals surface area contributed by atoms with Crippen LogP contribution in [-0.2, 0) is 36.3 Å². The zero-order valence-corrected chi connectivity index (χ0v) is 91.1. The first-order valence-electron chi connectivity index (χ1n) is 49.6. The number of alkyl halides is 1. The number of fused-ring (bicyclic) bond motifs is 3. The van der Waals surface area contributed by atoms with E-state index in [1.54, 1.807) is 13.0 Å². The molecule has 8 aliphatic heterocycles. The smallest absolute Gasteiger partial charge is 0.336 e. The van der Waals surface area contributed by atoms with Crippen LogP contribution in [0.3, 0.4) is 0 Å². The summed E-state index contributed by atoms with van der Waals surface area (Å²) in [6, 6.07) is 74.2. The third-order valence-electron chi connectivity index (χ3n) is 28.1. The lowest BCUT2D eigenvalue weighted by Crippen LogP contribution is -2.42. The fraction of sp³-hybridized carbons (Fsp3) is 0.445. The number of nitriles is 2. The molecule has 0 unspecified atom stereocenters. The molecule has 742 valence electrons. The van der Waals surface area contributed by atoms with Crippen molar-refractivity contribution in [3.8, 4) is 34.7 Å². The summed E-state index contributed by atoms with van der Waals surface area (Å²) >= 11 is 3.32. The first kappa shape index (κ1) is 112. The molecular formula is C110H146BrClF3N13O6Si5. The van der Waals surface area contributed by atoms with Crippen molar-refractivity contribution in [2.45, 2.75) is 203 Å². The molecule has 29 heteroatoms. The molecule has 7 saturated heterocycles. The zero-order chi connectivity index (χ0) is 99.2. The van der Waals surface area contributed by atoms with E-state index in [2.05, 4.69) is 199 Å². The number of carboxylic acid groups (broad SMARTS) is 1. The number of nitrogens with two attached hydrogens (primary N) is 1. The summed E-state index contributed by atoms with van der Waals surface area (Å²) < 4.78 is 40.2. The van der Waals surface area contributed by atoms with Gasteiger partial charge in [-0.1, -0.05) is 178 Å². The number of hydrogen-bond acceptors (Lipinski definition) is 17. The number of pyridine rings is 2. The maximum Gasteiger partial charge on any atom is 0.336 e. The molecule has 19 nitrogen and oxygen atoms in total. The molecule has 139 heavy (non-hydrogen) atoms. The van der Waals surface area contributed by atoms with Gasteiger partial charge in [0.15, 0.2) is 11.6 Å². The third kappa shape index (κ3) is 36.3. The molecule has 0 saturated carbocycles. The highest BCUT2D eigenvalue weighted by atomic mass is 79.9. The molecule has 0 bridgehead atoms. The Hall–Kier alpha value is -9.17. The molecule has 0 radical (unpaired) electrons. The van der Waals surface area contributed by atoms with Crippen LogP contribution in [0.2, 0.25) is 126 Å². The molecule has 8 aromatic carbocycles. The number of carbonyl (C=O) groups is 5. The van der Waals surface area contributed by atoms with Gasteiger partial charge in [0.2, 0.25) is 0 Å². The number of Topliss-reactive ketones (excluding diaryl/α,β-unsaturated/α-hetero) is 3. The molecule has 2 aromatic heterocycles. The Bertz CT molecular complexity index is 5760. The second kappa shape index (κ2) is 53.8. The molecule has 7 fully saturated rings. The average molecular weight is 2060 g/mol. The number of anilines is 1. The van der Waals surface area contributed by atoms with Gasteiger partial charge < -0.3 is 31.3 Å². The van der Waals surface area contributed by atoms with Crippen LogP contribution in [-0.4, -0.2) is 225 Å². The van der Waals surface area contributed by atoms with E-state index in [4.69, 9.17) is 21.2 Å². The minimum atomic E-state index is -1.09. The second-order valence-corrected chi connectivity index (χ2v) is 69.4. The number of amides is 1. The third-order valence-corrected chi connectivity index (χ3v) is 44.5. The van der Waals surface area contributed by atoms with Crippen LogP contribution in [0.5, 0.6) is 0 Å². The summed E-state index contributed by atoms with van der Waals surface area (Å²) in [5.41, 5.74) is 19.5. The number of aromatic carboxylic acids is 1. The summed E-state index contributed by atoms with van der Waals surface area (Å²) in [4.78, 5) is 82.3. The molecule has 10 heterocycles. The maximum atomic E-state index is 14.1. The van der Waals surface area contributed by atoms with Gasteiger partial charge in [0, 0.05) is 124 Å². The number of halogens is 5. The van der Waals surface area contributed by atoms with Crippen molar-refractivity contribution in [3.05, 3.63) is 267 Å². The second-order valence-electron chi connectivity index (χ2n) is 42.2. The Labute approximate surface area is 843 Å². The van der Waals surface area contributed by atoms with Gasteiger partial charge in [-0.25, -0.2) is 27.9 Å². The van der Waals surface area contributed by atoms with Crippen molar-refractivity contribution in [1.29, 1.82) is 10.5 Å². The van der Waals surface area contributed by atoms with Gasteiger partial charge in [-0.05, 0) is 316 Å². The molecule has 5 N–H and O–H groups in total. The van der Waals surface area contributed by atoms with Crippen molar-refractivity contribution < 1.29 is 42.3 Å². The molecule has 8 aliphatic rings. The highest BCUT2D eigenvalue weighted by molar-refractivity contribution is 9.08. The predicted octanol–water partition coefficient (Wildman–Crippen LogP) is 23.6. The highest BCUT2D eigenvalue weighted by Crippen LogP contribution is 2.34. The number of carboxylic acids is 1. The molecule has 0 aliphatic carbocycles. The molecular weight excluding hydrogens is 1910 g/mol. The number of nitrogens with one attached hydrogen (secondary N) is 2. The molecule has 18 rings (SSSR count). The number of ketones is 3. The summed E-state index contributed by atoms with van der Waals surface area (Å²) in [6.07, 6.45) is 6.56. The van der Waals surface area contributed by atoms with Crippen LogP contribution in [0, 0.1) is 40.1 Å². The summed E-state index contributed by atoms with van der Waals surface area (Å²) in [7, 11) is -4.29. The predicted molar refractivity (Wildman–Crippen MR) is 583 cm³/mol. The quantitative estimate of drug-likeness (QED) is 0.0240. The van der Waals surface area contributed by atoms with Gasteiger partial charge >= 0.3 is 5.97 Å². The number of nitrogens with zero attached hydrogens (tertiary/aromatic N) is 10. The largest absolute Gasteiger partial charge is 0.478 e. The van der Waals surface area contributed by atoms with Gasteiger partial charge in [0.05, 0.1) is 62.5 Å². The molecule has 0 spiro atoms.